The van der Waals surface area contributed by atoms with Gasteiger partial charge in [-0.15, -0.1) is 0 Å². The number of fused-ring (bicyclic) bond motifs is 1. The van der Waals surface area contributed by atoms with E-state index in [1.165, 1.54) is 43.4 Å². The minimum absolute atomic E-state index is 0.554. The predicted octanol–water partition coefficient (Wildman–Crippen LogP) is 3.44. The third-order valence-electron chi connectivity index (χ3n) is 4.18. The summed E-state index contributed by atoms with van der Waals surface area (Å²) in [7, 11) is 0. The molecule has 1 fully saturated rings. The molecule has 0 bridgehead atoms. The highest BCUT2D eigenvalue weighted by molar-refractivity contribution is 5.24. The molecule has 2 nitrogen and oxygen atoms in total. The predicted molar refractivity (Wildman–Crippen MR) is 64.3 cm³/mol. The van der Waals surface area contributed by atoms with Crippen LogP contribution in [0.15, 0.2) is 16.7 Å². The Balaban J connectivity index is 1.68. The molecule has 3 rings (SSSR count). The van der Waals surface area contributed by atoms with E-state index in [1.807, 2.05) is 6.26 Å². The van der Waals surface area contributed by atoms with Crippen LogP contribution in [0.3, 0.4) is 0 Å². The van der Waals surface area contributed by atoms with Gasteiger partial charge in [-0.05, 0) is 44.1 Å². The quantitative estimate of drug-likeness (QED) is 0.824. The van der Waals surface area contributed by atoms with Crippen molar-refractivity contribution < 1.29 is 4.42 Å². The van der Waals surface area contributed by atoms with Crippen molar-refractivity contribution in [2.75, 3.05) is 0 Å². The summed E-state index contributed by atoms with van der Waals surface area (Å²) in [6.45, 7) is 2.37. The fraction of sp³-hybridized carbons (Fsp3) is 0.714. The van der Waals surface area contributed by atoms with Crippen molar-refractivity contribution in [1.29, 1.82) is 0 Å². The molecule has 0 radical (unpaired) electrons. The Morgan fingerprint density at radius 1 is 1.31 bits per heavy atom. The first-order valence-electron chi connectivity index (χ1n) is 6.65. The maximum absolute atomic E-state index is 5.53. The minimum Gasteiger partial charge on any atom is -0.469 e. The molecule has 0 saturated heterocycles. The lowest BCUT2D eigenvalue weighted by Gasteiger charge is -2.26. The van der Waals surface area contributed by atoms with E-state index in [4.69, 9.17) is 4.42 Å². The third-order valence-corrected chi connectivity index (χ3v) is 4.18. The molecular formula is C14H21NO. The Labute approximate surface area is 97.4 Å². The van der Waals surface area contributed by atoms with Gasteiger partial charge in [-0.3, -0.25) is 0 Å². The van der Waals surface area contributed by atoms with Crippen LogP contribution in [-0.2, 0) is 6.42 Å². The van der Waals surface area contributed by atoms with Crippen LogP contribution in [0, 0.1) is 5.92 Å². The van der Waals surface area contributed by atoms with Crippen LogP contribution in [0.1, 0.15) is 56.4 Å². The molecule has 1 heterocycles. The second kappa shape index (κ2) is 4.25. The van der Waals surface area contributed by atoms with Crippen molar-refractivity contribution in [3.8, 4) is 0 Å². The summed E-state index contributed by atoms with van der Waals surface area (Å²) >= 11 is 0. The van der Waals surface area contributed by atoms with Crippen LogP contribution < -0.4 is 5.32 Å². The molecule has 2 aliphatic rings. The highest BCUT2D eigenvalue weighted by Crippen LogP contribution is 2.33. The molecule has 1 N–H and O–H groups in total. The molecule has 0 spiro atoms. The second-order valence-electron chi connectivity index (χ2n) is 5.53. The van der Waals surface area contributed by atoms with Gasteiger partial charge in [0.1, 0.15) is 5.76 Å². The summed E-state index contributed by atoms with van der Waals surface area (Å²) in [5.41, 5.74) is 1.42. The number of hydrogen-bond donors (Lipinski definition) is 1. The van der Waals surface area contributed by atoms with Gasteiger partial charge in [-0.2, -0.15) is 0 Å². The number of aryl methyl sites for hydroxylation is 1. The van der Waals surface area contributed by atoms with Gasteiger partial charge in [-0.1, -0.05) is 6.92 Å². The first-order valence-corrected chi connectivity index (χ1v) is 6.65. The number of furan rings is 1. The van der Waals surface area contributed by atoms with Crippen molar-refractivity contribution in [2.45, 2.75) is 57.5 Å². The largest absolute Gasteiger partial charge is 0.469 e. The fourth-order valence-corrected chi connectivity index (χ4v) is 3.30. The highest BCUT2D eigenvalue weighted by Gasteiger charge is 2.27. The first-order chi connectivity index (χ1) is 7.83. The lowest BCUT2D eigenvalue weighted by molar-refractivity contribution is 0.370. The molecule has 0 aromatic carbocycles. The van der Waals surface area contributed by atoms with E-state index in [0.717, 1.165) is 18.4 Å². The van der Waals surface area contributed by atoms with E-state index in [2.05, 4.69) is 18.3 Å². The molecule has 16 heavy (non-hydrogen) atoms. The second-order valence-corrected chi connectivity index (χ2v) is 5.53. The van der Waals surface area contributed by atoms with Crippen LogP contribution in [0.4, 0.5) is 0 Å². The normalized spacial score (nSPS) is 33.9. The Morgan fingerprint density at radius 2 is 2.25 bits per heavy atom. The summed E-state index contributed by atoms with van der Waals surface area (Å²) in [6, 6.07) is 3.45. The van der Waals surface area contributed by atoms with E-state index in [1.54, 1.807) is 0 Å². The molecule has 1 saturated carbocycles. The van der Waals surface area contributed by atoms with E-state index in [9.17, 15) is 0 Å². The zero-order valence-corrected chi connectivity index (χ0v) is 10.0. The van der Waals surface area contributed by atoms with E-state index < -0.39 is 0 Å². The smallest absolute Gasteiger partial charge is 0.108 e. The van der Waals surface area contributed by atoms with Crippen molar-refractivity contribution >= 4 is 0 Å². The van der Waals surface area contributed by atoms with Gasteiger partial charge in [0.05, 0.1) is 6.26 Å². The van der Waals surface area contributed by atoms with Gasteiger partial charge in [0.25, 0.3) is 0 Å². The monoisotopic (exact) mass is 219 g/mol. The molecule has 2 aliphatic carbocycles. The topological polar surface area (TPSA) is 25.2 Å². The molecular weight excluding hydrogens is 198 g/mol. The number of hydrogen-bond acceptors (Lipinski definition) is 2. The molecule has 88 valence electrons. The first kappa shape index (κ1) is 10.4. The van der Waals surface area contributed by atoms with Crippen LogP contribution in [-0.4, -0.2) is 6.04 Å². The van der Waals surface area contributed by atoms with E-state index in [-0.39, 0.29) is 0 Å². The molecule has 1 aromatic heterocycles. The lowest BCUT2D eigenvalue weighted by Crippen LogP contribution is -2.32. The van der Waals surface area contributed by atoms with Gasteiger partial charge < -0.3 is 9.73 Å². The zero-order valence-electron chi connectivity index (χ0n) is 10.0. The average Bonchev–Trinajstić information content (AvgIpc) is 2.87. The van der Waals surface area contributed by atoms with Gasteiger partial charge in [0.15, 0.2) is 0 Å². The van der Waals surface area contributed by atoms with Crippen molar-refractivity contribution in [3.05, 3.63) is 23.7 Å². The fourth-order valence-electron chi connectivity index (χ4n) is 3.30. The van der Waals surface area contributed by atoms with Gasteiger partial charge >= 0.3 is 0 Å². The third kappa shape index (κ3) is 1.91. The summed E-state index contributed by atoms with van der Waals surface area (Å²) in [5.74, 6) is 2.12. The summed E-state index contributed by atoms with van der Waals surface area (Å²) in [6.07, 6.45) is 9.61. The zero-order chi connectivity index (χ0) is 11.0. The van der Waals surface area contributed by atoms with Gasteiger partial charge in [0.2, 0.25) is 0 Å². The maximum atomic E-state index is 5.53. The standard InChI is InChI=1S/C14H21NO/c1-10-5-6-11(9-10)15-13-3-2-4-14-12(13)7-8-16-14/h7-8,10-11,13,15H,2-6,9H2,1H3. The van der Waals surface area contributed by atoms with Crippen molar-refractivity contribution in [2.24, 2.45) is 5.92 Å². The average molecular weight is 219 g/mol. The Morgan fingerprint density at radius 3 is 3.06 bits per heavy atom. The van der Waals surface area contributed by atoms with Gasteiger partial charge in [0, 0.05) is 24.1 Å². The minimum atomic E-state index is 0.554. The van der Waals surface area contributed by atoms with Crippen molar-refractivity contribution in [1.82, 2.24) is 5.32 Å². The molecule has 3 unspecified atom stereocenters. The SMILES string of the molecule is CC1CCC(NC2CCCc3occc32)C1. The molecule has 0 aliphatic heterocycles. The highest BCUT2D eigenvalue weighted by atomic mass is 16.3. The van der Waals surface area contributed by atoms with E-state index in [0.29, 0.717) is 6.04 Å². The van der Waals surface area contributed by atoms with Gasteiger partial charge in [-0.25, -0.2) is 0 Å². The molecule has 1 aromatic rings. The van der Waals surface area contributed by atoms with Crippen LogP contribution >= 0.6 is 0 Å². The summed E-state index contributed by atoms with van der Waals surface area (Å²) in [5, 5.41) is 3.83. The summed E-state index contributed by atoms with van der Waals surface area (Å²) in [4.78, 5) is 0. The van der Waals surface area contributed by atoms with Crippen molar-refractivity contribution in [3.63, 3.8) is 0 Å². The van der Waals surface area contributed by atoms with Crippen LogP contribution in [0.2, 0.25) is 0 Å². The maximum Gasteiger partial charge on any atom is 0.108 e. The Hall–Kier alpha value is -0.760. The van der Waals surface area contributed by atoms with Crippen LogP contribution in [0.5, 0.6) is 0 Å². The number of nitrogens with one attached hydrogen (secondary N) is 1. The molecule has 3 atom stereocenters. The molecule has 0 amide bonds. The lowest BCUT2D eigenvalue weighted by atomic mass is 9.92. The Bertz CT molecular complexity index is 357. The van der Waals surface area contributed by atoms with E-state index >= 15 is 0 Å². The van der Waals surface area contributed by atoms with Crippen LogP contribution in [0.25, 0.3) is 0 Å². The Kier molecular flexibility index (Phi) is 2.76. The molecule has 2 heteroatoms. The summed E-state index contributed by atoms with van der Waals surface area (Å²) < 4.78 is 5.53. The number of rotatable bonds is 2.